The van der Waals surface area contributed by atoms with Crippen LogP contribution in [0.3, 0.4) is 0 Å². The van der Waals surface area contributed by atoms with Crippen LogP contribution in [0.2, 0.25) is 0 Å². The summed E-state index contributed by atoms with van der Waals surface area (Å²) in [5.41, 5.74) is 5.84. The van der Waals surface area contributed by atoms with E-state index in [1.54, 1.807) is 23.4 Å². The molecule has 0 radical (unpaired) electrons. The number of benzene rings is 3. The molecule has 0 atom stereocenters. The molecule has 2 aliphatic heterocycles. The number of fused-ring (bicyclic) bond motifs is 1. The van der Waals surface area contributed by atoms with Gasteiger partial charge < -0.3 is 9.64 Å². The van der Waals surface area contributed by atoms with E-state index < -0.39 is 0 Å². The Morgan fingerprint density at radius 2 is 1.65 bits per heavy atom. The van der Waals surface area contributed by atoms with E-state index in [9.17, 15) is 9.59 Å². The molecule has 0 spiro atoms. The highest BCUT2D eigenvalue weighted by Crippen LogP contribution is 2.47. The molecule has 8 nitrogen and oxygen atoms in total. The fourth-order valence-electron chi connectivity index (χ4n) is 4.78. The van der Waals surface area contributed by atoms with Crippen molar-refractivity contribution in [1.82, 2.24) is 9.99 Å². The predicted octanol–water partition coefficient (Wildman–Crippen LogP) is 4.07. The normalized spacial score (nSPS) is 18.4. The summed E-state index contributed by atoms with van der Waals surface area (Å²) in [7, 11) is 1.65. The zero-order chi connectivity index (χ0) is 27.8. The predicted molar refractivity (Wildman–Crippen MR) is 163 cm³/mol. The lowest BCUT2D eigenvalue weighted by atomic mass is 10.2. The molecule has 1 fully saturated rings. The van der Waals surface area contributed by atoms with Gasteiger partial charge in [-0.2, -0.15) is 0 Å². The molecule has 0 bridgehead atoms. The Kier molecular flexibility index (Phi) is 6.95. The summed E-state index contributed by atoms with van der Waals surface area (Å²) in [5.74, 6) is 0.901. The summed E-state index contributed by atoms with van der Waals surface area (Å²) in [6.45, 7) is 5.07. The number of hydrazine groups is 1. The first-order chi connectivity index (χ1) is 19.5. The Balaban J connectivity index is 1.61. The number of thiazole rings is 1. The van der Waals surface area contributed by atoms with Crippen LogP contribution in [0.1, 0.15) is 13.8 Å². The van der Waals surface area contributed by atoms with Gasteiger partial charge in [-0.1, -0.05) is 48.2 Å². The molecule has 4 aromatic rings. The zero-order valence-electron chi connectivity index (χ0n) is 22.2. The first-order valence-corrected chi connectivity index (χ1v) is 14.6. The first-order valence-electron chi connectivity index (χ1n) is 13.0. The van der Waals surface area contributed by atoms with Gasteiger partial charge in [-0.05, 0) is 50.2 Å². The second-order valence-electron chi connectivity index (χ2n) is 9.03. The van der Waals surface area contributed by atoms with E-state index in [4.69, 9.17) is 9.73 Å². The van der Waals surface area contributed by atoms with Crippen molar-refractivity contribution in [1.29, 1.82) is 0 Å². The van der Waals surface area contributed by atoms with Gasteiger partial charge in [0.25, 0.3) is 11.5 Å². The summed E-state index contributed by atoms with van der Waals surface area (Å²) in [6, 6.07) is 24.8. The molecule has 202 valence electrons. The molecular weight excluding hydrogens is 542 g/mol. The molecule has 1 N–H and O–H groups in total. The summed E-state index contributed by atoms with van der Waals surface area (Å²) < 4.78 is 8.29. The van der Waals surface area contributed by atoms with Crippen molar-refractivity contribution in [3.05, 3.63) is 98.4 Å². The van der Waals surface area contributed by atoms with Crippen LogP contribution in [0.4, 0.5) is 17.1 Å². The van der Waals surface area contributed by atoms with E-state index >= 15 is 0 Å². The molecule has 0 aliphatic carbocycles. The number of methoxy groups -OCH3 is 1. The van der Waals surface area contributed by atoms with Crippen LogP contribution in [0, 0.1) is 0 Å². The zero-order valence-corrected chi connectivity index (χ0v) is 23.9. The van der Waals surface area contributed by atoms with E-state index in [0.29, 0.717) is 45.1 Å². The smallest absolute Gasteiger partial charge is 0.283 e. The highest BCUT2D eigenvalue weighted by atomic mass is 32.2. The van der Waals surface area contributed by atoms with Gasteiger partial charge >= 0.3 is 0 Å². The number of carbonyl (C=O) groups excluding carboxylic acids is 1. The van der Waals surface area contributed by atoms with E-state index in [1.807, 2.05) is 85.8 Å². The third-order valence-electron chi connectivity index (χ3n) is 6.72. The molecule has 0 unspecified atom stereocenters. The number of aliphatic imine (C=N–C) groups is 1. The Bertz CT molecular complexity index is 1810. The standard InChI is InChI=1S/C30H27N5O3S2/c1-4-33-22-18-21(38-3)16-17-23(22)39-30(33)25-28(37)34(5-2)29(40-25)24-26(31-19-12-8-6-9-13-19)32-35(27(24)36)20-14-10-7-11-15-20/h6-18H,4-5H2,1-3H3,(H,31,32)/b29-24+,30-25-. The first kappa shape index (κ1) is 26.0. The van der Waals surface area contributed by atoms with Crippen molar-refractivity contribution < 1.29 is 9.53 Å². The van der Waals surface area contributed by atoms with Gasteiger partial charge in [-0.3, -0.25) is 19.6 Å². The van der Waals surface area contributed by atoms with E-state index in [2.05, 4.69) is 17.2 Å². The summed E-state index contributed by atoms with van der Waals surface area (Å²) in [6.07, 6.45) is 0. The largest absolute Gasteiger partial charge is 0.497 e. The van der Waals surface area contributed by atoms with Crippen LogP contribution in [0.5, 0.6) is 5.75 Å². The van der Waals surface area contributed by atoms with Gasteiger partial charge in [0, 0.05) is 24.1 Å². The fourth-order valence-corrected chi connectivity index (χ4v) is 7.36. The van der Waals surface area contributed by atoms with Crippen LogP contribution >= 0.6 is 23.1 Å². The molecule has 1 saturated heterocycles. The number of carbonyl (C=O) groups is 1. The second kappa shape index (κ2) is 10.7. The van der Waals surface area contributed by atoms with Crippen molar-refractivity contribution in [3.63, 3.8) is 0 Å². The van der Waals surface area contributed by atoms with Crippen LogP contribution < -0.4 is 34.8 Å². The Morgan fingerprint density at radius 3 is 2.33 bits per heavy atom. The highest BCUT2D eigenvalue weighted by molar-refractivity contribution is 8.08. The van der Waals surface area contributed by atoms with E-state index in [0.717, 1.165) is 21.4 Å². The number of amidine groups is 1. The number of para-hydroxylation sites is 2. The quantitative estimate of drug-likeness (QED) is 0.391. The molecule has 3 heterocycles. The molecule has 40 heavy (non-hydrogen) atoms. The second-order valence-corrected chi connectivity index (χ2v) is 11.1. The monoisotopic (exact) mass is 569 g/mol. The maximum absolute atomic E-state index is 14.0. The van der Waals surface area contributed by atoms with Crippen LogP contribution in [-0.4, -0.2) is 30.0 Å². The van der Waals surface area contributed by atoms with Gasteiger partial charge in [0.15, 0.2) is 5.84 Å². The maximum Gasteiger partial charge on any atom is 0.283 e. The van der Waals surface area contributed by atoms with E-state index in [1.165, 1.54) is 16.3 Å². The minimum absolute atomic E-state index is 0.124. The Labute approximate surface area is 239 Å². The summed E-state index contributed by atoms with van der Waals surface area (Å²) in [4.78, 5) is 35.9. The molecule has 3 aromatic carbocycles. The fraction of sp³-hybridized carbons (Fsp3) is 0.167. The number of nitrogens with one attached hydrogen (secondary N) is 1. The highest BCUT2D eigenvalue weighted by Gasteiger charge is 2.36. The number of rotatable bonds is 5. The van der Waals surface area contributed by atoms with Crippen molar-refractivity contribution in [3.8, 4) is 5.75 Å². The number of ether oxygens (including phenoxy) is 1. The van der Waals surface area contributed by atoms with Crippen molar-refractivity contribution in [2.24, 2.45) is 4.99 Å². The molecular formula is C30H27N5O3S2. The van der Waals surface area contributed by atoms with Gasteiger partial charge in [-0.15, -0.1) is 11.3 Å². The molecule has 6 rings (SSSR count). The molecule has 1 aromatic heterocycles. The number of thioether (sulfide) groups is 1. The van der Waals surface area contributed by atoms with Gasteiger partial charge in [-0.25, -0.2) is 10.0 Å². The number of aromatic nitrogens is 1. The van der Waals surface area contributed by atoms with Crippen LogP contribution in [0.15, 0.2) is 93.5 Å². The SMILES string of the molecule is CCN1/C(=c2/s/c(=C3/C(=O)N(c4ccccc4)NC3=Nc3ccccc3)n(CC)c2=O)Sc2ccc(OC)cc21. The molecule has 10 heteroatoms. The average Bonchev–Trinajstić information content (AvgIpc) is 3.63. The van der Waals surface area contributed by atoms with Crippen molar-refractivity contribution >= 4 is 62.5 Å². The van der Waals surface area contributed by atoms with Crippen LogP contribution in [-0.2, 0) is 11.3 Å². The molecule has 0 saturated carbocycles. The van der Waals surface area contributed by atoms with Crippen molar-refractivity contribution in [2.75, 3.05) is 23.6 Å². The minimum Gasteiger partial charge on any atom is -0.497 e. The van der Waals surface area contributed by atoms with Gasteiger partial charge in [0.05, 0.1) is 24.2 Å². The average molecular weight is 570 g/mol. The number of nitrogens with zero attached hydrogens (tertiary/aromatic N) is 4. The third-order valence-corrected chi connectivity index (χ3v) is 9.22. The number of amides is 1. The lowest BCUT2D eigenvalue weighted by Crippen LogP contribution is -2.36. The maximum atomic E-state index is 14.0. The lowest BCUT2D eigenvalue weighted by Gasteiger charge is -2.17. The number of anilines is 2. The van der Waals surface area contributed by atoms with E-state index in [-0.39, 0.29) is 11.5 Å². The third kappa shape index (κ3) is 4.39. The number of hydrogen-bond donors (Lipinski definition) is 1. The Morgan fingerprint density at radius 1 is 0.925 bits per heavy atom. The topological polar surface area (TPSA) is 79.2 Å². The van der Waals surface area contributed by atoms with Crippen LogP contribution in [0.25, 0.3) is 10.6 Å². The molecule has 2 aliphatic rings. The van der Waals surface area contributed by atoms with Gasteiger partial charge in [0.1, 0.15) is 25.5 Å². The minimum atomic E-state index is -0.264. The lowest BCUT2D eigenvalue weighted by molar-refractivity contribution is -0.113. The van der Waals surface area contributed by atoms with Gasteiger partial charge in [0.2, 0.25) is 0 Å². The Hall–Kier alpha value is -4.28. The molecule has 1 amide bonds. The van der Waals surface area contributed by atoms with Crippen molar-refractivity contribution in [2.45, 2.75) is 25.3 Å². The summed E-state index contributed by atoms with van der Waals surface area (Å²) in [5, 5.41) is 2.34. The number of hydrogen-bond acceptors (Lipinski definition) is 7. The summed E-state index contributed by atoms with van der Waals surface area (Å²) >= 11 is 2.90.